The maximum Gasteiger partial charge on any atom is 0.356 e. The summed E-state index contributed by atoms with van der Waals surface area (Å²) in [6.07, 6.45) is 0.284. The van der Waals surface area contributed by atoms with Gasteiger partial charge in [0.05, 0.1) is 31.2 Å². The summed E-state index contributed by atoms with van der Waals surface area (Å²) >= 11 is 0. The Hall–Kier alpha value is -3.78. The molecule has 0 saturated heterocycles. The van der Waals surface area contributed by atoms with Crippen molar-refractivity contribution in [2.45, 2.75) is 18.2 Å². The number of rotatable bonds is 8. The highest BCUT2D eigenvalue weighted by Crippen LogP contribution is 2.34. The molecule has 4 aromatic rings. The Morgan fingerprint density at radius 3 is 2.24 bits per heavy atom. The van der Waals surface area contributed by atoms with Crippen molar-refractivity contribution in [2.75, 3.05) is 20.8 Å². The molecule has 1 heterocycles. The van der Waals surface area contributed by atoms with Crippen LogP contribution in [0.25, 0.3) is 10.9 Å². The molecule has 0 aliphatic heterocycles. The van der Waals surface area contributed by atoms with Crippen LogP contribution in [-0.4, -0.2) is 39.2 Å². The summed E-state index contributed by atoms with van der Waals surface area (Å²) in [5.74, 6) is 0.415. The number of methoxy groups -OCH3 is 2. The first-order chi connectivity index (χ1) is 16.4. The van der Waals surface area contributed by atoms with Crippen molar-refractivity contribution in [2.24, 2.45) is 0 Å². The third kappa shape index (κ3) is 4.12. The van der Waals surface area contributed by atoms with Gasteiger partial charge in [-0.15, -0.1) is 0 Å². The van der Waals surface area contributed by atoms with Crippen LogP contribution in [0.5, 0.6) is 11.5 Å². The number of para-hydroxylation sites is 1. The second-order valence-electron chi connectivity index (χ2n) is 7.51. The highest BCUT2D eigenvalue weighted by molar-refractivity contribution is 7.90. The molecule has 0 spiro atoms. The average molecular weight is 480 g/mol. The van der Waals surface area contributed by atoms with E-state index < -0.39 is 16.0 Å². The van der Waals surface area contributed by atoms with Gasteiger partial charge in [-0.2, -0.15) is 0 Å². The Labute approximate surface area is 198 Å². The number of benzene rings is 3. The third-order valence-electron chi connectivity index (χ3n) is 5.52. The molecule has 0 N–H and O–H groups in total. The van der Waals surface area contributed by atoms with Gasteiger partial charge in [-0.1, -0.05) is 42.5 Å². The van der Waals surface area contributed by atoms with Crippen LogP contribution in [0.3, 0.4) is 0 Å². The van der Waals surface area contributed by atoms with Crippen LogP contribution in [0.15, 0.2) is 77.7 Å². The molecule has 7 nitrogen and oxygen atoms in total. The minimum absolute atomic E-state index is 0.0123. The number of fused-ring (bicyclic) bond motifs is 1. The number of carbonyl (C=O) groups excluding carboxylic acids is 1. The molecule has 0 amide bonds. The van der Waals surface area contributed by atoms with Crippen LogP contribution < -0.4 is 9.47 Å². The summed E-state index contributed by atoms with van der Waals surface area (Å²) in [6.45, 7) is 1.80. The largest absolute Gasteiger partial charge is 0.493 e. The fourth-order valence-corrected chi connectivity index (χ4v) is 5.56. The van der Waals surface area contributed by atoms with Crippen LogP contribution >= 0.6 is 0 Å². The Balaban J connectivity index is 1.99. The van der Waals surface area contributed by atoms with Crippen molar-refractivity contribution in [1.29, 1.82) is 0 Å². The van der Waals surface area contributed by atoms with Crippen LogP contribution in [0.4, 0.5) is 0 Å². The first-order valence-electron chi connectivity index (χ1n) is 10.7. The smallest absolute Gasteiger partial charge is 0.356 e. The zero-order valence-electron chi connectivity index (χ0n) is 19.1. The van der Waals surface area contributed by atoms with E-state index in [0.717, 1.165) is 9.54 Å². The van der Waals surface area contributed by atoms with Gasteiger partial charge in [-0.3, -0.25) is 0 Å². The maximum absolute atomic E-state index is 13.7. The second kappa shape index (κ2) is 9.61. The zero-order chi connectivity index (χ0) is 24.3. The van der Waals surface area contributed by atoms with E-state index in [9.17, 15) is 13.2 Å². The first kappa shape index (κ1) is 23.4. The summed E-state index contributed by atoms with van der Waals surface area (Å²) in [7, 11) is -0.984. The number of hydrogen-bond donors (Lipinski definition) is 0. The Bertz CT molecular complexity index is 1440. The SMILES string of the molecule is CCOC(=O)c1c(Cc2ccc(OC)c(OC)c2)c2ccccc2n1S(=O)(=O)c1ccccc1. The van der Waals surface area contributed by atoms with Gasteiger partial charge < -0.3 is 14.2 Å². The molecule has 1 aromatic heterocycles. The maximum atomic E-state index is 13.7. The summed E-state index contributed by atoms with van der Waals surface area (Å²) in [6, 6.07) is 20.5. The van der Waals surface area contributed by atoms with E-state index >= 15 is 0 Å². The fourth-order valence-electron chi connectivity index (χ4n) is 4.00. The summed E-state index contributed by atoms with van der Waals surface area (Å²) in [5, 5.41) is 0.653. The lowest BCUT2D eigenvalue weighted by atomic mass is 10.0. The monoisotopic (exact) mass is 479 g/mol. The highest BCUT2D eigenvalue weighted by atomic mass is 32.2. The van der Waals surface area contributed by atoms with Gasteiger partial charge in [-0.05, 0) is 48.4 Å². The summed E-state index contributed by atoms with van der Waals surface area (Å²) < 4.78 is 44.7. The van der Waals surface area contributed by atoms with Crippen molar-refractivity contribution < 1.29 is 27.4 Å². The molecule has 4 rings (SSSR count). The number of ether oxygens (including phenoxy) is 3. The van der Waals surface area contributed by atoms with E-state index in [1.165, 1.54) is 12.1 Å². The molecule has 0 saturated carbocycles. The molecule has 176 valence electrons. The number of hydrogen-bond acceptors (Lipinski definition) is 6. The fraction of sp³-hybridized carbons (Fsp3) is 0.192. The number of esters is 1. The van der Waals surface area contributed by atoms with Crippen LogP contribution in [0.1, 0.15) is 28.5 Å². The van der Waals surface area contributed by atoms with E-state index in [1.807, 2.05) is 24.3 Å². The molecule has 34 heavy (non-hydrogen) atoms. The first-order valence-corrected chi connectivity index (χ1v) is 12.2. The van der Waals surface area contributed by atoms with Gasteiger partial charge in [0.15, 0.2) is 11.5 Å². The normalized spacial score (nSPS) is 11.4. The average Bonchev–Trinajstić information content (AvgIpc) is 3.19. The van der Waals surface area contributed by atoms with Crippen molar-refractivity contribution in [3.63, 3.8) is 0 Å². The van der Waals surface area contributed by atoms with E-state index in [0.29, 0.717) is 28.0 Å². The summed E-state index contributed by atoms with van der Waals surface area (Å²) in [5.41, 5.74) is 1.77. The highest BCUT2D eigenvalue weighted by Gasteiger charge is 2.31. The third-order valence-corrected chi connectivity index (χ3v) is 7.24. The van der Waals surface area contributed by atoms with Crippen molar-refractivity contribution >= 4 is 26.9 Å². The second-order valence-corrected chi connectivity index (χ2v) is 9.30. The molecule has 0 aliphatic rings. The molecule has 0 atom stereocenters. The van der Waals surface area contributed by atoms with E-state index in [-0.39, 0.29) is 23.6 Å². The molecule has 8 heteroatoms. The minimum atomic E-state index is -4.08. The lowest BCUT2D eigenvalue weighted by molar-refractivity contribution is 0.0517. The molecule has 0 radical (unpaired) electrons. The van der Waals surface area contributed by atoms with Gasteiger partial charge in [0, 0.05) is 11.8 Å². The predicted molar refractivity (Wildman–Crippen MR) is 129 cm³/mol. The van der Waals surface area contributed by atoms with Crippen LogP contribution in [-0.2, 0) is 21.2 Å². The molecule has 0 aliphatic carbocycles. The molecule has 0 fully saturated rings. The summed E-state index contributed by atoms with van der Waals surface area (Å²) in [4.78, 5) is 13.3. The van der Waals surface area contributed by atoms with E-state index in [1.54, 1.807) is 57.5 Å². The number of carbonyl (C=O) groups is 1. The van der Waals surface area contributed by atoms with Gasteiger partial charge >= 0.3 is 5.97 Å². The number of aromatic nitrogens is 1. The van der Waals surface area contributed by atoms with E-state index in [2.05, 4.69) is 0 Å². The Morgan fingerprint density at radius 2 is 1.56 bits per heavy atom. The van der Waals surface area contributed by atoms with Gasteiger partial charge in [0.1, 0.15) is 5.69 Å². The Kier molecular flexibility index (Phi) is 6.61. The Morgan fingerprint density at radius 1 is 0.882 bits per heavy atom. The van der Waals surface area contributed by atoms with Crippen molar-refractivity contribution in [3.8, 4) is 11.5 Å². The van der Waals surface area contributed by atoms with Gasteiger partial charge in [-0.25, -0.2) is 17.2 Å². The molecular weight excluding hydrogens is 454 g/mol. The quantitative estimate of drug-likeness (QED) is 0.342. The molecule has 0 bridgehead atoms. The van der Waals surface area contributed by atoms with Crippen molar-refractivity contribution in [3.05, 3.63) is 89.6 Å². The van der Waals surface area contributed by atoms with Crippen LogP contribution in [0.2, 0.25) is 0 Å². The van der Waals surface area contributed by atoms with Gasteiger partial charge in [0.2, 0.25) is 0 Å². The van der Waals surface area contributed by atoms with E-state index in [4.69, 9.17) is 14.2 Å². The zero-order valence-corrected chi connectivity index (χ0v) is 20.0. The molecule has 3 aromatic carbocycles. The molecular formula is C26H25NO6S. The lowest BCUT2D eigenvalue weighted by Crippen LogP contribution is -2.21. The topological polar surface area (TPSA) is 83.8 Å². The van der Waals surface area contributed by atoms with Crippen LogP contribution in [0, 0.1) is 0 Å². The standard InChI is InChI=1S/C26H25NO6S/c1-4-33-26(28)25-21(16-18-14-15-23(31-2)24(17-18)32-3)20-12-8-9-13-22(20)27(25)34(29,30)19-10-6-5-7-11-19/h5-15,17H,4,16H2,1-3H3. The number of nitrogens with zero attached hydrogens (tertiary/aromatic N) is 1. The minimum Gasteiger partial charge on any atom is -0.493 e. The predicted octanol–water partition coefficient (Wildman–Crippen LogP) is 4.66. The molecule has 0 unspecified atom stereocenters. The van der Waals surface area contributed by atoms with Crippen molar-refractivity contribution in [1.82, 2.24) is 3.97 Å². The van der Waals surface area contributed by atoms with Gasteiger partial charge in [0.25, 0.3) is 10.0 Å². The lowest BCUT2D eigenvalue weighted by Gasteiger charge is -2.13.